The lowest BCUT2D eigenvalue weighted by atomic mass is 9.78. The number of hydrogen-bond donors (Lipinski definition) is 0. The molecule has 9 nitrogen and oxygen atoms in total. The summed E-state index contributed by atoms with van der Waals surface area (Å²) in [6.45, 7) is 4.20. The van der Waals surface area contributed by atoms with Gasteiger partial charge in [-0.1, -0.05) is 0 Å². The number of amides is 2. The van der Waals surface area contributed by atoms with Crippen LogP contribution in [0.15, 0.2) is 24.4 Å². The molecule has 10 heteroatoms. The number of ether oxygens (including phenoxy) is 2. The summed E-state index contributed by atoms with van der Waals surface area (Å²) in [6, 6.07) is 3.65. The minimum Gasteiger partial charge on any atom is -0.480 e. The van der Waals surface area contributed by atoms with Crippen LogP contribution in [-0.2, 0) is 4.79 Å². The molecule has 0 aliphatic carbocycles. The van der Waals surface area contributed by atoms with Crippen LogP contribution >= 0.6 is 11.3 Å². The number of likely N-dealkylation sites (tertiary alicyclic amines) is 2. The lowest BCUT2D eigenvalue weighted by Crippen LogP contribution is -2.44. The van der Waals surface area contributed by atoms with Crippen molar-refractivity contribution in [2.75, 3.05) is 40.4 Å². The number of thiophene rings is 1. The lowest BCUT2D eigenvalue weighted by molar-refractivity contribution is -0.125. The van der Waals surface area contributed by atoms with Gasteiger partial charge in [0.05, 0.1) is 29.5 Å². The molecule has 0 N–H and O–H groups in total. The molecule has 2 fully saturated rings. The second-order valence-electron chi connectivity index (χ2n) is 8.68. The van der Waals surface area contributed by atoms with E-state index in [4.69, 9.17) is 9.47 Å². The van der Waals surface area contributed by atoms with Crippen molar-refractivity contribution in [3.8, 4) is 11.9 Å². The van der Waals surface area contributed by atoms with Gasteiger partial charge in [0.25, 0.3) is 5.91 Å². The normalized spacial score (nSPS) is 17.4. The quantitative estimate of drug-likeness (QED) is 0.459. The van der Waals surface area contributed by atoms with Crippen molar-refractivity contribution >= 4 is 35.0 Å². The summed E-state index contributed by atoms with van der Waals surface area (Å²) in [4.78, 5) is 50.3. The van der Waals surface area contributed by atoms with Crippen LogP contribution in [0.25, 0.3) is 6.08 Å². The number of Topliss-reactive ketones (excluding diaryl/α,β-unsaturated/α-hetero) is 1. The number of ketones is 1. The Kier molecular flexibility index (Phi) is 6.97. The summed E-state index contributed by atoms with van der Waals surface area (Å²) in [5.74, 6) is 0.233. The number of methoxy groups -OCH3 is 2. The van der Waals surface area contributed by atoms with Gasteiger partial charge in [-0.05, 0) is 49.8 Å². The fraction of sp³-hybridized carbons (Fsp3) is 0.458. The number of nitrogens with zero attached hydrogens (tertiary/aromatic N) is 4. The Bertz CT molecular complexity index is 1120. The van der Waals surface area contributed by atoms with Gasteiger partial charge in [-0.25, -0.2) is 4.98 Å². The van der Waals surface area contributed by atoms with E-state index in [1.807, 2.05) is 9.80 Å². The Labute approximate surface area is 202 Å². The van der Waals surface area contributed by atoms with Gasteiger partial charge in [0.2, 0.25) is 11.8 Å². The molecule has 2 aromatic rings. The van der Waals surface area contributed by atoms with Gasteiger partial charge >= 0.3 is 6.01 Å². The summed E-state index contributed by atoms with van der Waals surface area (Å²) in [7, 11) is 2.98. The first-order valence-corrected chi connectivity index (χ1v) is 12.0. The number of rotatable bonds is 6. The standard InChI is InChI=1S/C24H28N4O5S/c1-16(29)18-5-6-19(34-18)22(31)27-11-8-24(9-12-27)10-13-28(15-24)20(30)7-4-17-14-25-23(33-3)26-21(17)32-2/h4-7,14H,8-13,15H2,1-3H3/b7-4+. The molecule has 0 atom stereocenters. The third-order valence-corrected chi connectivity index (χ3v) is 7.74. The van der Waals surface area contributed by atoms with E-state index in [-0.39, 0.29) is 29.0 Å². The number of hydrogen-bond acceptors (Lipinski definition) is 8. The van der Waals surface area contributed by atoms with Crippen LogP contribution in [0, 0.1) is 5.41 Å². The Morgan fingerprint density at radius 2 is 1.71 bits per heavy atom. The highest BCUT2D eigenvalue weighted by molar-refractivity contribution is 7.15. The third-order valence-electron chi connectivity index (χ3n) is 6.56. The van der Waals surface area contributed by atoms with Gasteiger partial charge in [0, 0.05) is 38.5 Å². The maximum atomic E-state index is 12.8. The van der Waals surface area contributed by atoms with E-state index in [0.29, 0.717) is 47.4 Å². The summed E-state index contributed by atoms with van der Waals surface area (Å²) in [5.41, 5.74) is 0.639. The maximum Gasteiger partial charge on any atom is 0.319 e. The first kappa shape index (κ1) is 23.9. The number of aromatic nitrogens is 2. The lowest BCUT2D eigenvalue weighted by Gasteiger charge is -2.39. The zero-order valence-corrected chi connectivity index (χ0v) is 20.4. The van der Waals surface area contributed by atoms with Crippen molar-refractivity contribution in [2.45, 2.75) is 26.2 Å². The van der Waals surface area contributed by atoms with Crippen LogP contribution in [0.3, 0.4) is 0 Å². The number of carbonyl (C=O) groups excluding carboxylic acids is 3. The zero-order valence-electron chi connectivity index (χ0n) is 19.6. The van der Waals surface area contributed by atoms with Gasteiger partial charge in [-0.2, -0.15) is 4.98 Å². The molecule has 1 spiro atoms. The van der Waals surface area contributed by atoms with Crippen molar-refractivity contribution in [2.24, 2.45) is 5.41 Å². The summed E-state index contributed by atoms with van der Waals surface area (Å²) in [6.07, 6.45) is 7.38. The molecular formula is C24H28N4O5S. The van der Waals surface area contributed by atoms with Gasteiger partial charge in [-0.15, -0.1) is 11.3 Å². The molecular weight excluding hydrogens is 456 g/mol. The average Bonchev–Trinajstić information content (AvgIpc) is 3.51. The molecule has 34 heavy (non-hydrogen) atoms. The molecule has 0 bridgehead atoms. The van der Waals surface area contributed by atoms with Gasteiger partial charge in [-0.3, -0.25) is 14.4 Å². The maximum absolute atomic E-state index is 12.8. The van der Waals surface area contributed by atoms with Gasteiger partial charge in [0.1, 0.15) is 0 Å². The van der Waals surface area contributed by atoms with E-state index in [1.165, 1.54) is 38.6 Å². The number of piperidine rings is 1. The van der Waals surface area contributed by atoms with E-state index >= 15 is 0 Å². The first-order valence-electron chi connectivity index (χ1n) is 11.2. The summed E-state index contributed by atoms with van der Waals surface area (Å²) >= 11 is 1.25. The molecule has 4 heterocycles. The Balaban J connectivity index is 1.33. The van der Waals surface area contributed by atoms with E-state index in [2.05, 4.69) is 9.97 Å². The minimum atomic E-state index is -0.0661. The molecule has 2 amide bonds. The van der Waals surface area contributed by atoms with Crippen LogP contribution in [0.4, 0.5) is 0 Å². The SMILES string of the molecule is COc1ncc(/C=C/C(=O)N2CCC3(CCN(C(=O)c4ccc(C(C)=O)s4)CC3)C2)c(OC)n1. The molecule has 0 saturated carbocycles. The smallest absolute Gasteiger partial charge is 0.319 e. The minimum absolute atomic E-state index is 0.0168. The second-order valence-corrected chi connectivity index (χ2v) is 9.76. The molecule has 0 radical (unpaired) electrons. The predicted molar refractivity (Wildman–Crippen MR) is 127 cm³/mol. The first-order chi connectivity index (χ1) is 16.3. The van der Waals surface area contributed by atoms with Crippen molar-refractivity contribution in [3.05, 3.63) is 39.7 Å². The highest BCUT2D eigenvalue weighted by atomic mass is 32.1. The van der Waals surface area contributed by atoms with Crippen LogP contribution in [0.2, 0.25) is 0 Å². The fourth-order valence-electron chi connectivity index (χ4n) is 4.52. The average molecular weight is 485 g/mol. The van der Waals surface area contributed by atoms with E-state index < -0.39 is 0 Å². The van der Waals surface area contributed by atoms with Crippen LogP contribution < -0.4 is 9.47 Å². The fourth-order valence-corrected chi connectivity index (χ4v) is 5.39. The highest BCUT2D eigenvalue weighted by Gasteiger charge is 2.42. The molecule has 2 aliphatic heterocycles. The second kappa shape index (κ2) is 9.92. The van der Waals surface area contributed by atoms with Crippen LogP contribution in [-0.4, -0.2) is 77.8 Å². The Morgan fingerprint density at radius 1 is 1.03 bits per heavy atom. The summed E-state index contributed by atoms with van der Waals surface area (Å²) in [5, 5.41) is 0. The largest absolute Gasteiger partial charge is 0.480 e. The number of carbonyl (C=O) groups is 3. The topological polar surface area (TPSA) is 102 Å². The Morgan fingerprint density at radius 3 is 2.32 bits per heavy atom. The van der Waals surface area contributed by atoms with Gasteiger partial charge in [0.15, 0.2) is 5.78 Å². The molecule has 0 aromatic carbocycles. The van der Waals surface area contributed by atoms with Crippen LogP contribution in [0.1, 0.15) is 51.1 Å². The highest BCUT2D eigenvalue weighted by Crippen LogP contribution is 2.41. The Hall–Kier alpha value is -3.27. The van der Waals surface area contributed by atoms with Crippen molar-refractivity contribution < 1.29 is 23.9 Å². The third kappa shape index (κ3) is 4.96. The van der Waals surface area contributed by atoms with E-state index in [9.17, 15) is 14.4 Å². The summed E-state index contributed by atoms with van der Waals surface area (Å²) < 4.78 is 10.3. The molecule has 2 aromatic heterocycles. The monoisotopic (exact) mass is 484 g/mol. The predicted octanol–water partition coefficient (Wildman–Crippen LogP) is 2.93. The zero-order chi connectivity index (χ0) is 24.3. The van der Waals surface area contributed by atoms with E-state index in [1.54, 1.807) is 24.4 Å². The van der Waals surface area contributed by atoms with Crippen molar-refractivity contribution in [1.29, 1.82) is 0 Å². The molecule has 0 unspecified atom stereocenters. The molecule has 4 rings (SSSR count). The van der Waals surface area contributed by atoms with Crippen molar-refractivity contribution in [3.63, 3.8) is 0 Å². The molecule has 2 saturated heterocycles. The van der Waals surface area contributed by atoms with Crippen molar-refractivity contribution in [1.82, 2.24) is 19.8 Å². The van der Waals surface area contributed by atoms with Gasteiger partial charge < -0.3 is 19.3 Å². The van der Waals surface area contributed by atoms with E-state index in [0.717, 1.165) is 19.3 Å². The molecule has 180 valence electrons. The van der Waals surface area contributed by atoms with Crippen LogP contribution in [0.5, 0.6) is 11.9 Å². The molecule has 2 aliphatic rings.